The van der Waals surface area contributed by atoms with E-state index in [9.17, 15) is 13.6 Å². The van der Waals surface area contributed by atoms with Crippen molar-refractivity contribution >= 4 is 23.1 Å². The van der Waals surface area contributed by atoms with Crippen molar-refractivity contribution in [1.82, 2.24) is 14.9 Å². The lowest BCUT2D eigenvalue weighted by Crippen LogP contribution is -2.49. The van der Waals surface area contributed by atoms with Gasteiger partial charge in [0.15, 0.2) is 17.3 Å². The maximum atomic E-state index is 14.2. The molecule has 1 fully saturated rings. The standard InChI is InChI=1S/C28H23F2N5O3/c29-19-6-8-20(9-7-19)32-27-21(16-31-26(33-27)18-5-10-24-25(15-18)38-17-37-24)28(36)35-13-11-34(12-14-35)23-4-2-1-3-22(23)30/h1-10,15-16H,11-14,17H2,(H,31,32,33). The van der Waals surface area contributed by atoms with E-state index in [0.717, 1.165) is 0 Å². The van der Waals surface area contributed by atoms with Crippen molar-refractivity contribution in [3.8, 4) is 22.9 Å². The van der Waals surface area contributed by atoms with Gasteiger partial charge < -0.3 is 24.6 Å². The van der Waals surface area contributed by atoms with Crippen molar-refractivity contribution in [1.29, 1.82) is 0 Å². The molecule has 3 aromatic carbocycles. The highest BCUT2D eigenvalue weighted by atomic mass is 19.1. The zero-order valence-electron chi connectivity index (χ0n) is 20.2. The Balaban J connectivity index is 1.28. The molecule has 1 N–H and O–H groups in total. The van der Waals surface area contributed by atoms with Crippen LogP contribution in [0, 0.1) is 11.6 Å². The maximum absolute atomic E-state index is 14.2. The molecule has 1 amide bonds. The number of piperazine rings is 1. The Hall–Kier alpha value is -4.73. The van der Waals surface area contributed by atoms with Gasteiger partial charge in [-0.15, -0.1) is 0 Å². The van der Waals surface area contributed by atoms with Gasteiger partial charge in [0.1, 0.15) is 23.0 Å². The number of amides is 1. The number of rotatable bonds is 5. The molecule has 6 rings (SSSR count). The molecule has 3 heterocycles. The first-order valence-electron chi connectivity index (χ1n) is 12.1. The van der Waals surface area contributed by atoms with Gasteiger partial charge in [0, 0.05) is 43.6 Å². The third-order valence-corrected chi connectivity index (χ3v) is 6.52. The minimum Gasteiger partial charge on any atom is -0.454 e. The number of nitrogens with zero attached hydrogens (tertiary/aromatic N) is 4. The molecule has 192 valence electrons. The average Bonchev–Trinajstić information content (AvgIpc) is 3.42. The Morgan fingerprint density at radius 3 is 2.45 bits per heavy atom. The molecule has 1 aromatic heterocycles. The van der Waals surface area contributed by atoms with E-state index in [1.54, 1.807) is 47.4 Å². The van der Waals surface area contributed by atoms with Gasteiger partial charge in [0.25, 0.3) is 5.91 Å². The van der Waals surface area contributed by atoms with E-state index in [1.165, 1.54) is 24.4 Å². The normalized spacial score (nSPS) is 14.5. The number of carbonyl (C=O) groups excluding carboxylic acids is 1. The van der Waals surface area contributed by atoms with Crippen LogP contribution in [0.5, 0.6) is 11.5 Å². The van der Waals surface area contributed by atoms with E-state index >= 15 is 0 Å². The molecule has 0 aliphatic carbocycles. The van der Waals surface area contributed by atoms with Gasteiger partial charge >= 0.3 is 0 Å². The molecular weight excluding hydrogens is 492 g/mol. The van der Waals surface area contributed by atoms with Crippen LogP contribution in [0.3, 0.4) is 0 Å². The van der Waals surface area contributed by atoms with Crippen molar-refractivity contribution in [3.05, 3.63) is 90.1 Å². The first-order chi connectivity index (χ1) is 18.5. The van der Waals surface area contributed by atoms with E-state index in [1.807, 2.05) is 11.0 Å². The topological polar surface area (TPSA) is 79.8 Å². The van der Waals surface area contributed by atoms with E-state index < -0.39 is 0 Å². The minimum absolute atomic E-state index is 0.147. The van der Waals surface area contributed by atoms with Crippen LogP contribution >= 0.6 is 0 Å². The number of para-hydroxylation sites is 1. The van der Waals surface area contributed by atoms with Gasteiger partial charge in [-0.3, -0.25) is 4.79 Å². The van der Waals surface area contributed by atoms with Gasteiger partial charge in [-0.05, 0) is 54.6 Å². The number of ether oxygens (including phenoxy) is 2. The molecule has 1 saturated heterocycles. The molecule has 38 heavy (non-hydrogen) atoms. The van der Waals surface area contributed by atoms with Gasteiger partial charge in [0.05, 0.1) is 5.69 Å². The van der Waals surface area contributed by atoms with Crippen molar-refractivity contribution < 1.29 is 23.0 Å². The highest BCUT2D eigenvalue weighted by Gasteiger charge is 2.27. The Labute approximate surface area is 217 Å². The van der Waals surface area contributed by atoms with Gasteiger partial charge in [0.2, 0.25) is 6.79 Å². The van der Waals surface area contributed by atoms with Crippen LogP contribution in [-0.4, -0.2) is 53.7 Å². The predicted octanol–water partition coefficient (Wildman–Crippen LogP) is 4.86. The Morgan fingerprint density at radius 1 is 0.895 bits per heavy atom. The first kappa shape index (κ1) is 23.7. The third kappa shape index (κ3) is 4.68. The van der Waals surface area contributed by atoms with Crippen LogP contribution in [0.2, 0.25) is 0 Å². The summed E-state index contributed by atoms with van der Waals surface area (Å²) in [6.07, 6.45) is 1.49. The molecular formula is C28H23F2N5O3. The minimum atomic E-state index is -0.372. The molecule has 8 nitrogen and oxygen atoms in total. The summed E-state index contributed by atoms with van der Waals surface area (Å²) in [7, 11) is 0. The van der Waals surface area contributed by atoms with E-state index in [2.05, 4.69) is 15.3 Å². The molecule has 0 saturated carbocycles. The number of nitrogens with one attached hydrogen (secondary N) is 1. The molecule has 0 spiro atoms. The monoisotopic (exact) mass is 515 g/mol. The Morgan fingerprint density at radius 2 is 1.66 bits per heavy atom. The number of hydrogen-bond acceptors (Lipinski definition) is 7. The number of anilines is 3. The van der Waals surface area contributed by atoms with Crippen LogP contribution in [0.4, 0.5) is 26.0 Å². The molecule has 2 aliphatic heterocycles. The lowest BCUT2D eigenvalue weighted by Gasteiger charge is -2.36. The van der Waals surface area contributed by atoms with Crippen LogP contribution in [0.25, 0.3) is 11.4 Å². The second kappa shape index (κ2) is 9.97. The largest absolute Gasteiger partial charge is 0.454 e. The van der Waals surface area contributed by atoms with E-state index in [0.29, 0.717) is 66.3 Å². The van der Waals surface area contributed by atoms with Crippen LogP contribution < -0.4 is 19.7 Å². The zero-order chi connectivity index (χ0) is 26.1. The summed E-state index contributed by atoms with van der Waals surface area (Å²) in [4.78, 5) is 26.3. The lowest BCUT2D eigenvalue weighted by molar-refractivity contribution is 0.0747. The summed E-state index contributed by atoms with van der Waals surface area (Å²) in [6.45, 7) is 1.95. The number of benzene rings is 3. The van der Waals surface area contributed by atoms with Gasteiger partial charge in [-0.1, -0.05) is 12.1 Å². The first-order valence-corrected chi connectivity index (χ1v) is 12.1. The summed E-state index contributed by atoms with van der Waals surface area (Å²) in [5.74, 6) is 0.996. The van der Waals surface area contributed by atoms with Crippen LogP contribution in [0.1, 0.15) is 10.4 Å². The van der Waals surface area contributed by atoms with Gasteiger partial charge in [-0.2, -0.15) is 0 Å². The molecule has 0 bridgehead atoms. The zero-order valence-corrected chi connectivity index (χ0v) is 20.2. The maximum Gasteiger partial charge on any atom is 0.259 e. The van der Waals surface area contributed by atoms with Crippen molar-refractivity contribution in [2.24, 2.45) is 0 Å². The van der Waals surface area contributed by atoms with Crippen LogP contribution in [-0.2, 0) is 0 Å². The molecule has 2 aliphatic rings. The number of carbonyl (C=O) groups is 1. The average molecular weight is 516 g/mol. The number of hydrogen-bond donors (Lipinski definition) is 1. The van der Waals surface area contributed by atoms with Crippen molar-refractivity contribution in [2.45, 2.75) is 0 Å². The smallest absolute Gasteiger partial charge is 0.259 e. The highest BCUT2D eigenvalue weighted by molar-refractivity contribution is 5.99. The number of fused-ring (bicyclic) bond motifs is 1. The second-order valence-electron chi connectivity index (χ2n) is 8.89. The van der Waals surface area contributed by atoms with Crippen molar-refractivity contribution in [3.63, 3.8) is 0 Å². The van der Waals surface area contributed by atoms with E-state index in [-0.39, 0.29) is 29.9 Å². The fourth-order valence-electron chi connectivity index (χ4n) is 4.51. The Kier molecular flexibility index (Phi) is 6.20. The SMILES string of the molecule is O=C(c1cnc(-c2ccc3c(c2)OCO3)nc1Nc1ccc(F)cc1)N1CCN(c2ccccc2F)CC1. The van der Waals surface area contributed by atoms with E-state index in [4.69, 9.17) is 9.47 Å². The quantitative estimate of drug-likeness (QED) is 0.407. The summed E-state index contributed by atoms with van der Waals surface area (Å²) in [6, 6.07) is 17.8. The molecule has 10 heteroatoms. The molecule has 0 radical (unpaired) electrons. The van der Waals surface area contributed by atoms with Crippen molar-refractivity contribution in [2.75, 3.05) is 43.2 Å². The fourth-order valence-corrected chi connectivity index (χ4v) is 4.51. The number of aromatic nitrogens is 2. The summed E-state index contributed by atoms with van der Waals surface area (Å²) in [5, 5.41) is 3.14. The predicted molar refractivity (Wildman–Crippen MR) is 138 cm³/mol. The second-order valence-corrected chi connectivity index (χ2v) is 8.89. The molecule has 0 atom stereocenters. The number of halogens is 2. The summed E-state index contributed by atoms with van der Waals surface area (Å²) in [5.41, 5.74) is 2.06. The lowest BCUT2D eigenvalue weighted by atomic mass is 10.1. The summed E-state index contributed by atoms with van der Waals surface area (Å²) >= 11 is 0. The fraction of sp³-hybridized carbons (Fsp3) is 0.179. The third-order valence-electron chi connectivity index (χ3n) is 6.52. The summed E-state index contributed by atoms with van der Waals surface area (Å²) < 4.78 is 38.6. The van der Waals surface area contributed by atoms with Gasteiger partial charge in [-0.25, -0.2) is 18.7 Å². The molecule has 4 aromatic rings. The molecule has 0 unspecified atom stereocenters. The highest BCUT2D eigenvalue weighted by Crippen LogP contribution is 2.35. The van der Waals surface area contributed by atoms with Crippen LogP contribution in [0.15, 0.2) is 72.9 Å². The Bertz CT molecular complexity index is 1490.